The van der Waals surface area contributed by atoms with Gasteiger partial charge in [0.05, 0.1) is 5.75 Å². The van der Waals surface area contributed by atoms with Crippen LogP contribution in [0.25, 0.3) is 0 Å². The van der Waals surface area contributed by atoms with Gasteiger partial charge < -0.3 is 5.32 Å². The number of hydrogen-bond donors (Lipinski definition) is 2. The zero-order valence-corrected chi connectivity index (χ0v) is 9.57. The Bertz CT molecular complexity index is 430. The molecule has 2 rings (SSSR count). The number of aromatic nitrogens is 2. The van der Waals surface area contributed by atoms with Gasteiger partial charge in [0.1, 0.15) is 0 Å². The highest BCUT2D eigenvalue weighted by Crippen LogP contribution is 2.18. The molecule has 6 nitrogen and oxygen atoms in total. The summed E-state index contributed by atoms with van der Waals surface area (Å²) in [5, 5.41) is 3.14. The van der Waals surface area contributed by atoms with E-state index in [1.807, 2.05) is 0 Å². The smallest absolute Gasteiger partial charge is 0.236 e. The van der Waals surface area contributed by atoms with Gasteiger partial charge in [-0.3, -0.25) is 4.72 Å². The summed E-state index contributed by atoms with van der Waals surface area (Å²) in [6.07, 6.45) is 5.28. The van der Waals surface area contributed by atoms with Crippen LogP contribution in [0.1, 0.15) is 12.8 Å². The Labute approximate surface area is 94.6 Å². The monoisotopic (exact) mass is 242 g/mol. The van der Waals surface area contributed by atoms with Gasteiger partial charge in [-0.15, -0.1) is 0 Å². The van der Waals surface area contributed by atoms with Gasteiger partial charge in [0.15, 0.2) is 0 Å². The molecule has 88 valence electrons. The molecule has 7 heteroatoms. The van der Waals surface area contributed by atoms with E-state index in [1.165, 1.54) is 12.4 Å². The fourth-order valence-corrected chi connectivity index (χ4v) is 2.10. The third-order valence-corrected chi connectivity index (χ3v) is 3.43. The molecule has 1 aromatic heterocycles. The van der Waals surface area contributed by atoms with Crippen molar-refractivity contribution in [3.05, 3.63) is 18.5 Å². The van der Waals surface area contributed by atoms with E-state index in [-0.39, 0.29) is 11.7 Å². The average Bonchev–Trinajstić information content (AvgIpc) is 3.02. The Morgan fingerprint density at radius 1 is 1.31 bits per heavy atom. The van der Waals surface area contributed by atoms with E-state index in [4.69, 9.17) is 0 Å². The maximum Gasteiger partial charge on any atom is 0.236 e. The minimum absolute atomic E-state index is 0.0434. The Morgan fingerprint density at radius 2 is 2.00 bits per heavy atom. The zero-order chi connectivity index (χ0) is 11.4. The van der Waals surface area contributed by atoms with Crippen molar-refractivity contribution >= 4 is 16.0 Å². The van der Waals surface area contributed by atoms with E-state index >= 15 is 0 Å². The molecule has 0 aromatic carbocycles. The number of nitrogens with zero attached hydrogens (tertiary/aromatic N) is 2. The summed E-state index contributed by atoms with van der Waals surface area (Å²) in [4.78, 5) is 7.60. The second-order valence-corrected chi connectivity index (χ2v) is 5.56. The predicted molar refractivity (Wildman–Crippen MR) is 60.5 cm³/mol. The molecule has 0 bridgehead atoms. The quantitative estimate of drug-likeness (QED) is 0.732. The van der Waals surface area contributed by atoms with E-state index in [2.05, 4.69) is 20.0 Å². The van der Waals surface area contributed by atoms with Crippen molar-refractivity contribution in [2.24, 2.45) is 0 Å². The molecule has 0 radical (unpaired) electrons. The molecule has 1 fully saturated rings. The van der Waals surface area contributed by atoms with Crippen LogP contribution in [0.15, 0.2) is 18.5 Å². The third-order valence-electron chi connectivity index (χ3n) is 2.19. The second-order valence-electron chi connectivity index (χ2n) is 3.72. The van der Waals surface area contributed by atoms with Crippen LogP contribution >= 0.6 is 0 Å². The lowest BCUT2D eigenvalue weighted by molar-refractivity contribution is 0.595. The van der Waals surface area contributed by atoms with Crippen molar-refractivity contribution in [2.45, 2.75) is 18.9 Å². The molecule has 0 spiro atoms. The van der Waals surface area contributed by atoms with E-state index in [9.17, 15) is 8.42 Å². The summed E-state index contributed by atoms with van der Waals surface area (Å²) in [7, 11) is -3.34. The largest absolute Gasteiger partial charge is 0.313 e. The highest BCUT2D eigenvalue weighted by atomic mass is 32.2. The lowest BCUT2D eigenvalue weighted by Crippen LogP contribution is -2.28. The molecule has 0 aliphatic heterocycles. The molecular formula is C9H14N4O2S. The lowest BCUT2D eigenvalue weighted by atomic mass is 10.6. The van der Waals surface area contributed by atoms with Crippen molar-refractivity contribution < 1.29 is 8.42 Å². The van der Waals surface area contributed by atoms with Crippen LogP contribution in [0.5, 0.6) is 0 Å². The molecule has 2 N–H and O–H groups in total. The molecule has 0 amide bonds. The van der Waals surface area contributed by atoms with Crippen LogP contribution in [0.4, 0.5) is 5.95 Å². The molecule has 0 saturated heterocycles. The average molecular weight is 242 g/mol. The number of hydrogen-bond acceptors (Lipinski definition) is 5. The standard InChI is InChI=1S/C9H14N4O2S/c14-16(15,7-6-10-8-2-3-8)13-9-11-4-1-5-12-9/h1,4-5,8,10H,2-3,6-7H2,(H,11,12,13). The lowest BCUT2D eigenvalue weighted by Gasteiger charge is -2.06. The Kier molecular flexibility index (Phi) is 3.35. The third kappa shape index (κ3) is 3.74. The van der Waals surface area contributed by atoms with Crippen LogP contribution < -0.4 is 10.0 Å². The van der Waals surface area contributed by atoms with Crippen molar-refractivity contribution in [3.63, 3.8) is 0 Å². The first kappa shape index (κ1) is 11.3. The summed E-state index contributed by atoms with van der Waals surface area (Å²) in [6.45, 7) is 0.465. The number of rotatable bonds is 6. The Hall–Kier alpha value is -1.21. The molecular weight excluding hydrogens is 228 g/mol. The normalized spacial score (nSPS) is 16.0. The highest BCUT2D eigenvalue weighted by molar-refractivity contribution is 7.92. The summed E-state index contributed by atoms with van der Waals surface area (Å²) in [5.41, 5.74) is 0. The van der Waals surface area contributed by atoms with Crippen molar-refractivity contribution in [3.8, 4) is 0 Å². The summed E-state index contributed by atoms with van der Waals surface area (Å²) in [6, 6.07) is 2.15. The number of nitrogens with one attached hydrogen (secondary N) is 2. The van der Waals surface area contributed by atoms with Gasteiger partial charge in [0.25, 0.3) is 0 Å². The maximum atomic E-state index is 11.6. The van der Waals surface area contributed by atoms with Gasteiger partial charge in [0.2, 0.25) is 16.0 Å². The fourth-order valence-electron chi connectivity index (χ4n) is 1.23. The minimum atomic E-state index is -3.34. The van der Waals surface area contributed by atoms with Gasteiger partial charge >= 0.3 is 0 Å². The van der Waals surface area contributed by atoms with Gasteiger partial charge in [-0.25, -0.2) is 18.4 Å². The van der Waals surface area contributed by atoms with E-state index in [0.717, 1.165) is 12.8 Å². The van der Waals surface area contributed by atoms with Gasteiger partial charge in [-0.1, -0.05) is 0 Å². The number of sulfonamides is 1. The summed E-state index contributed by atoms with van der Waals surface area (Å²) in [5.74, 6) is 0.163. The summed E-state index contributed by atoms with van der Waals surface area (Å²) < 4.78 is 25.5. The topological polar surface area (TPSA) is 84.0 Å². The first-order valence-electron chi connectivity index (χ1n) is 5.17. The molecule has 16 heavy (non-hydrogen) atoms. The highest BCUT2D eigenvalue weighted by Gasteiger charge is 2.21. The molecule has 1 aliphatic carbocycles. The van der Waals surface area contributed by atoms with E-state index in [1.54, 1.807) is 6.07 Å². The van der Waals surface area contributed by atoms with Gasteiger partial charge in [-0.2, -0.15) is 0 Å². The van der Waals surface area contributed by atoms with Crippen LogP contribution in [0, 0.1) is 0 Å². The summed E-state index contributed by atoms with van der Waals surface area (Å²) >= 11 is 0. The number of anilines is 1. The van der Waals surface area contributed by atoms with Crippen molar-refractivity contribution in [2.75, 3.05) is 17.0 Å². The first-order chi connectivity index (χ1) is 7.66. The SMILES string of the molecule is O=S(=O)(CCNC1CC1)Nc1ncccn1. The molecule has 0 atom stereocenters. The van der Waals surface area contributed by atoms with Crippen molar-refractivity contribution in [1.29, 1.82) is 0 Å². The van der Waals surface area contributed by atoms with E-state index < -0.39 is 10.0 Å². The van der Waals surface area contributed by atoms with Crippen LogP contribution in [0.3, 0.4) is 0 Å². The van der Waals surface area contributed by atoms with E-state index in [0.29, 0.717) is 12.6 Å². The minimum Gasteiger partial charge on any atom is -0.313 e. The molecule has 0 unspecified atom stereocenters. The maximum absolute atomic E-state index is 11.6. The molecule has 1 aromatic rings. The molecule has 1 heterocycles. The van der Waals surface area contributed by atoms with Crippen molar-refractivity contribution in [1.82, 2.24) is 15.3 Å². The zero-order valence-electron chi connectivity index (χ0n) is 8.76. The van der Waals surface area contributed by atoms with Crippen LogP contribution in [-0.4, -0.2) is 36.7 Å². The molecule has 1 aliphatic rings. The van der Waals surface area contributed by atoms with Gasteiger partial charge in [-0.05, 0) is 18.9 Å². The van der Waals surface area contributed by atoms with Crippen LogP contribution in [0.2, 0.25) is 0 Å². The Morgan fingerprint density at radius 3 is 2.62 bits per heavy atom. The predicted octanol–water partition coefficient (Wildman–Crippen LogP) is -0.0297. The van der Waals surface area contributed by atoms with Gasteiger partial charge in [0, 0.05) is 25.0 Å². The molecule has 1 saturated carbocycles. The first-order valence-corrected chi connectivity index (χ1v) is 6.82. The fraction of sp³-hybridized carbons (Fsp3) is 0.556. The Balaban J connectivity index is 1.82. The second kappa shape index (κ2) is 4.75. The van der Waals surface area contributed by atoms with Crippen LogP contribution in [-0.2, 0) is 10.0 Å².